The fourth-order valence-corrected chi connectivity index (χ4v) is 3.15. The molecule has 0 saturated carbocycles. The molecule has 0 spiro atoms. The SMILES string of the molecule is COC(=O)c1c(N)c(C#N)cn1-c1ccc(-c2nc3ccc([N+](=O)[O-])cc3[nH]2)cc1. The van der Waals surface area contributed by atoms with Gasteiger partial charge in [-0.2, -0.15) is 5.26 Å². The van der Waals surface area contributed by atoms with Crippen LogP contribution in [0.1, 0.15) is 16.1 Å². The van der Waals surface area contributed by atoms with Crippen LogP contribution in [-0.4, -0.2) is 32.5 Å². The van der Waals surface area contributed by atoms with E-state index >= 15 is 0 Å². The van der Waals surface area contributed by atoms with Crippen LogP contribution in [0.2, 0.25) is 0 Å². The van der Waals surface area contributed by atoms with E-state index in [-0.39, 0.29) is 22.6 Å². The molecule has 4 rings (SSSR count). The Morgan fingerprint density at radius 3 is 2.67 bits per heavy atom. The number of hydrogen-bond acceptors (Lipinski definition) is 7. The number of nitrogens with zero attached hydrogens (tertiary/aromatic N) is 4. The minimum Gasteiger partial charge on any atom is -0.464 e. The minimum atomic E-state index is -0.656. The Hall–Kier alpha value is -4.65. The van der Waals surface area contributed by atoms with E-state index in [1.54, 1.807) is 30.3 Å². The van der Waals surface area contributed by atoms with Crippen molar-refractivity contribution < 1.29 is 14.5 Å². The first kappa shape index (κ1) is 18.7. The fourth-order valence-electron chi connectivity index (χ4n) is 3.15. The number of ether oxygens (including phenoxy) is 1. The maximum absolute atomic E-state index is 12.1. The second-order valence-corrected chi connectivity index (χ2v) is 6.37. The van der Waals surface area contributed by atoms with E-state index in [0.29, 0.717) is 22.5 Å². The van der Waals surface area contributed by atoms with Gasteiger partial charge in [-0.15, -0.1) is 0 Å². The van der Waals surface area contributed by atoms with Gasteiger partial charge in [0.15, 0.2) is 5.69 Å². The number of methoxy groups -OCH3 is 1. The molecule has 0 aliphatic heterocycles. The van der Waals surface area contributed by atoms with Gasteiger partial charge in [0.1, 0.15) is 11.9 Å². The number of nitrogens with one attached hydrogen (secondary N) is 1. The van der Waals surface area contributed by atoms with Crippen LogP contribution in [0.15, 0.2) is 48.7 Å². The van der Waals surface area contributed by atoms with Gasteiger partial charge in [-0.05, 0) is 30.3 Å². The number of carbonyl (C=O) groups is 1. The van der Waals surface area contributed by atoms with Gasteiger partial charge in [0.25, 0.3) is 5.69 Å². The van der Waals surface area contributed by atoms with Crippen LogP contribution in [0.4, 0.5) is 11.4 Å². The number of aromatic nitrogens is 3. The third-order valence-corrected chi connectivity index (χ3v) is 4.64. The highest BCUT2D eigenvalue weighted by molar-refractivity contribution is 5.96. The fraction of sp³-hybridized carbons (Fsp3) is 0.0500. The Kier molecular flexibility index (Phi) is 4.40. The van der Waals surface area contributed by atoms with Crippen molar-refractivity contribution in [3.05, 3.63) is 70.0 Å². The van der Waals surface area contributed by atoms with Gasteiger partial charge in [0.2, 0.25) is 0 Å². The number of H-pyrrole nitrogens is 1. The number of non-ortho nitro benzene ring substituents is 1. The zero-order chi connectivity index (χ0) is 21.4. The largest absolute Gasteiger partial charge is 0.464 e. The quantitative estimate of drug-likeness (QED) is 0.302. The molecule has 0 atom stereocenters. The first-order valence-corrected chi connectivity index (χ1v) is 8.67. The molecule has 2 aromatic carbocycles. The molecule has 0 radical (unpaired) electrons. The Morgan fingerprint density at radius 1 is 1.30 bits per heavy atom. The first-order chi connectivity index (χ1) is 14.4. The number of benzene rings is 2. The number of carbonyl (C=O) groups excluding carboxylic acids is 1. The molecule has 30 heavy (non-hydrogen) atoms. The van der Waals surface area contributed by atoms with Crippen LogP contribution < -0.4 is 5.73 Å². The summed E-state index contributed by atoms with van der Waals surface area (Å²) in [5, 5.41) is 20.2. The molecule has 10 nitrogen and oxygen atoms in total. The van der Waals surface area contributed by atoms with Gasteiger partial charge in [0.05, 0.1) is 34.3 Å². The Bertz CT molecular complexity index is 1340. The van der Waals surface area contributed by atoms with Crippen molar-refractivity contribution in [2.45, 2.75) is 0 Å². The molecule has 10 heteroatoms. The van der Waals surface area contributed by atoms with Crippen molar-refractivity contribution in [2.75, 3.05) is 12.8 Å². The molecule has 0 saturated heterocycles. The van der Waals surface area contributed by atoms with E-state index in [0.717, 1.165) is 5.56 Å². The maximum Gasteiger partial charge on any atom is 0.357 e. The number of imidazole rings is 1. The molecule has 3 N–H and O–H groups in total. The number of fused-ring (bicyclic) bond motifs is 1. The number of nitrogen functional groups attached to an aromatic ring is 1. The molecule has 148 valence electrons. The van der Waals surface area contributed by atoms with Crippen molar-refractivity contribution in [2.24, 2.45) is 0 Å². The summed E-state index contributed by atoms with van der Waals surface area (Å²) in [6, 6.07) is 13.4. The predicted molar refractivity (Wildman–Crippen MR) is 108 cm³/mol. The molecular weight excluding hydrogens is 388 g/mol. The molecule has 0 fully saturated rings. The number of hydrogen-bond donors (Lipinski definition) is 2. The van der Waals surface area contributed by atoms with Gasteiger partial charge >= 0.3 is 5.97 Å². The second-order valence-electron chi connectivity index (χ2n) is 6.37. The van der Waals surface area contributed by atoms with Crippen molar-refractivity contribution in [1.82, 2.24) is 14.5 Å². The van der Waals surface area contributed by atoms with Crippen LogP contribution in [0, 0.1) is 21.4 Å². The van der Waals surface area contributed by atoms with Gasteiger partial charge in [-0.3, -0.25) is 10.1 Å². The number of nitro benzene ring substituents is 1. The van der Waals surface area contributed by atoms with Crippen molar-refractivity contribution in [3.63, 3.8) is 0 Å². The van der Waals surface area contributed by atoms with Crippen LogP contribution >= 0.6 is 0 Å². The van der Waals surface area contributed by atoms with Crippen LogP contribution in [0.25, 0.3) is 28.1 Å². The molecule has 2 aromatic heterocycles. The summed E-state index contributed by atoms with van der Waals surface area (Å²) in [7, 11) is 1.24. The number of aromatic amines is 1. The summed E-state index contributed by atoms with van der Waals surface area (Å²) < 4.78 is 6.27. The summed E-state index contributed by atoms with van der Waals surface area (Å²) in [5.41, 5.74) is 8.65. The summed E-state index contributed by atoms with van der Waals surface area (Å²) in [6.07, 6.45) is 1.47. The Morgan fingerprint density at radius 2 is 2.03 bits per heavy atom. The summed E-state index contributed by atoms with van der Waals surface area (Å²) in [6.45, 7) is 0. The lowest BCUT2D eigenvalue weighted by Gasteiger charge is -2.09. The highest BCUT2D eigenvalue weighted by Gasteiger charge is 2.21. The van der Waals surface area contributed by atoms with E-state index in [2.05, 4.69) is 9.97 Å². The van der Waals surface area contributed by atoms with Crippen molar-refractivity contribution in [1.29, 1.82) is 5.26 Å². The number of nitrogens with two attached hydrogens (primary N) is 1. The zero-order valence-electron chi connectivity index (χ0n) is 15.6. The number of rotatable bonds is 4. The normalized spacial score (nSPS) is 10.7. The Balaban J connectivity index is 1.74. The topological polar surface area (TPSA) is 153 Å². The van der Waals surface area contributed by atoms with Crippen molar-refractivity contribution in [3.8, 4) is 23.1 Å². The van der Waals surface area contributed by atoms with E-state index < -0.39 is 10.9 Å². The molecular formula is C20H14N6O4. The predicted octanol–water partition coefficient (Wildman–Crippen LogP) is 3.17. The molecule has 0 aliphatic rings. The van der Waals surface area contributed by atoms with E-state index in [4.69, 9.17) is 10.5 Å². The highest BCUT2D eigenvalue weighted by atomic mass is 16.6. The van der Waals surface area contributed by atoms with E-state index in [1.165, 1.54) is 30.0 Å². The smallest absolute Gasteiger partial charge is 0.357 e. The summed E-state index contributed by atoms with van der Waals surface area (Å²) >= 11 is 0. The van der Waals surface area contributed by atoms with E-state index in [1.807, 2.05) is 6.07 Å². The Labute approximate surface area is 169 Å². The lowest BCUT2D eigenvalue weighted by molar-refractivity contribution is -0.384. The number of nitro groups is 1. The second kappa shape index (κ2) is 7.06. The average Bonchev–Trinajstić information content (AvgIpc) is 3.33. The zero-order valence-corrected chi connectivity index (χ0v) is 15.6. The molecule has 0 aliphatic carbocycles. The van der Waals surface area contributed by atoms with E-state index in [9.17, 15) is 20.2 Å². The number of nitriles is 1. The molecule has 2 heterocycles. The van der Waals surface area contributed by atoms with Gasteiger partial charge < -0.3 is 20.0 Å². The monoisotopic (exact) mass is 402 g/mol. The lowest BCUT2D eigenvalue weighted by atomic mass is 10.2. The average molecular weight is 402 g/mol. The third-order valence-electron chi connectivity index (χ3n) is 4.64. The molecule has 0 amide bonds. The van der Waals surface area contributed by atoms with Gasteiger partial charge in [-0.25, -0.2) is 9.78 Å². The van der Waals surface area contributed by atoms with Crippen LogP contribution in [-0.2, 0) is 4.74 Å². The first-order valence-electron chi connectivity index (χ1n) is 8.67. The van der Waals surface area contributed by atoms with Crippen LogP contribution in [0.5, 0.6) is 0 Å². The summed E-state index contributed by atoms with van der Waals surface area (Å²) in [5.74, 6) is -0.119. The van der Waals surface area contributed by atoms with Gasteiger partial charge in [-0.1, -0.05) is 0 Å². The van der Waals surface area contributed by atoms with Gasteiger partial charge in [0, 0.05) is 29.6 Å². The number of esters is 1. The lowest BCUT2D eigenvalue weighted by Crippen LogP contribution is -2.11. The maximum atomic E-state index is 12.1. The number of anilines is 1. The molecule has 4 aromatic rings. The molecule has 0 bridgehead atoms. The highest BCUT2D eigenvalue weighted by Crippen LogP contribution is 2.27. The third kappa shape index (κ3) is 3.00. The van der Waals surface area contributed by atoms with Crippen molar-refractivity contribution >= 4 is 28.4 Å². The van der Waals surface area contributed by atoms with Crippen LogP contribution in [0.3, 0.4) is 0 Å². The minimum absolute atomic E-state index is 0.0260. The standard InChI is InChI=1S/C20H14N6O4/c1-30-20(27)18-17(22)12(9-21)10-25(18)13-4-2-11(3-5-13)19-23-15-7-6-14(26(28)29)8-16(15)24-19/h2-8,10H,22H2,1H3,(H,23,24). The summed E-state index contributed by atoms with van der Waals surface area (Å²) in [4.78, 5) is 30.1. The molecule has 0 unspecified atom stereocenters.